The van der Waals surface area contributed by atoms with Gasteiger partial charge in [0.2, 0.25) is 0 Å². The molecule has 4 fully saturated rings. The van der Waals surface area contributed by atoms with Crippen molar-refractivity contribution in [3.8, 4) is 0 Å². The first kappa shape index (κ1) is 12.3. The van der Waals surface area contributed by atoms with Crippen molar-refractivity contribution < 1.29 is 19.5 Å². The van der Waals surface area contributed by atoms with Gasteiger partial charge in [-0.3, -0.25) is 19.3 Å². The van der Waals surface area contributed by atoms with Gasteiger partial charge in [0.1, 0.15) is 5.78 Å². The number of rotatable bonds is 2. The van der Waals surface area contributed by atoms with Crippen LogP contribution in [0.4, 0.5) is 0 Å². The third-order valence-corrected chi connectivity index (χ3v) is 5.51. The normalized spacial score (nSPS) is 45.9. The molecule has 2 atom stereocenters. The highest BCUT2D eigenvalue weighted by Gasteiger charge is 2.61. The van der Waals surface area contributed by atoms with Crippen LogP contribution in [0.3, 0.4) is 0 Å². The van der Waals surface area contributed by atoms with Crippen molar-refractivity contribution in [1.29, 1.82) is 0 Å². The van der Waals surface area contributed by atoms with Crippen molar-refractivity contribution in [2.45, 2.75) is 37.7 Å². The predicted molar refractivity (Wildman–Crippen MR) is 68.3 cm³/mol. The van der Waals surface area contributed by atoms with Crippen LogP contribution in [0.2, 0.25) is 0 Å². The number of nitrogens with zero attached hydrogens (tertiary/aromatic N) is 1. The van der Waals surface area contributed by atoms with Crippen molar-refractivity contribution in [3.05, 3.63) is 12.2 Å². The van der Waals surface area contributed by atoms with Crippen LogP contribution in [-0.4, -0.2) is 39.7 Å². The number of hydrogen-bond donors (Lipinski definition) is 1. The molecule has 20 heavy (non-hydrogen) atoms. The van der Waals surface area contributed by atoms with E-state index in [0.29, 0.717) is 38.6 Å². The second-order valence-corrected chi connectivity index (χ2v) is 7.11. The first-order chi connectivity index (χ1) is 9.40. The molecule has 4 aliphatic carbocycles. The second kappa shape index (κ2) is 3.58. The van der Waals surface area contributed by atoms with Gasteiger partial charge in [0, 0.05) is 30.5 Å². The number of carbonyl (C=O) groups is 3. The van der Waals surface area contributed by atoms with E-state index in [1.54, 1.807) is 0 Å². The Morgan fingerprint density at radius 1 is 1.05 bits per heavy atom. The molecule has 1 aliphatic heterocycles. The third-order valence-electron chi connectivity index (χ3n) is 5.51. The van der Waals surface area contributed by atoms with E-state index in [-0.39, 0.29) is 34.8 Å². The van der Waals surface area contributed by atoms with Crippen LogP contribution >= 0.6 is 0 Å². The number of amides is 2. The van der Waals surface area contributed by atoms with Crippen LogP contribution in [0, 0.1) is 17.3 Å². The molecule has 0 radical (unpaired) electrons. The maximum atomic E-state index is 12.2. The molecule has 2 amide bonds. The molecule has 0 saturated heterocycles. The topological polar surface area (TPSA) is 74.7 Å². The molecule has 0 spiro atoms. The van der Waals surface area contributed by atoms with Gasteiger partial charge >= 0.3 is 0 Å². The number of ketones is 1. The van der Waals surface area contributed by atoms with Crippen LogP contribution in [0.5, 0.6) is 0 Å². The maximum Gasteiger partial charge on any atom is 0.253 e. The quantitative estimate of drug-likeness (QED) is 0.741. The fourth-order valence-electron chi connectivity index (χ4n) is 5.10. The number of carbonyl (C=O) groups excluding carboxylic acids is 3. The van der Waals surface area contributed by atoms with Gasteiger partial charge in [-0.15, -0.1) is 0 Å². The van der Waals surface area contributed by atoms with Crippen LogP contribution in [0.25, 0.3) is 0 Å². The number of imide groups is 1. The maximum absolute atomic E-state index is 12.2. The lowest BCUT2D eigenvalue weighted by molar-refractivity contribution is -0.182. The lowest BCUT2D eigenvalue weighted by Crippen LogP contribution is -2.62. The molecular formula is C15H17NO4. The zero-order chi connectivity index (χ0) is 14.1. The summed E-state index contributed by atoms with van der Waals surface area (Å²) in [6.07, 6.45) is 5.74. The molecule has 0 aromatic carbocycles. The molecule has 0 aromatic heterocycles. The van der Waals surface area contributed by atoms with Gasteiger partial charge in [-0.2, -0.15) is 0 Å². The highest BCUT2D eigenvalue weighted by molar-refractivity contribution is 6.12. The van der Waals surface area contributed by atoms with E-state index in [2.05, 4.69) is 0 Å². The van der Waals surface area contributed by atoms with Crippen molar-refractivity contribution >= 4 is 17.6 Å². The van der Waals surface area contributed by atoms with Crippen LogP contribution in [-0.2, 0) is 14.4 Å². The summed E-state index contributed by atoms with van der Waals surface area (Å²) < 4.78 is 0. The van der Waals surface area contributed by atoms with Crippen molar-refractivity contribution in [2.24, 2.45) is 17.3 Å². The molecule has 0 aromatic rings. The molecule has 1 heterocycles. The Morgan fingerprint density at radius 3 is 2.15 bits per heavy atom. The van der Waals surface area contributed by atoms with Gasteiger partial charge in [0.15, 0.2) is 0 Å². The summed E-state index contributed by atoms with van der Waals surface area (Å²) in [6.45, 7) is 0.347. The highest BCUT2D eigenvalue weighted by Crippen LogP contribution is 2.60. The molecule has 2 unspecified atom stereocenters. The smallest absolute Gasteiger partial charge is 0.253 e. The van der Waals surface area contributed by atoms with Crippen LogP contribution in [0.1, 0.15) is 32.1 Å². The van der Waals surface area contributed by atoms with Crippen molar-refractivity contribution in [2.75, 3.05) is 6.54 Å². The van der Waals surface area contributed by atoms with Gasteiger partial charge < -0.3 is 5.11 Å². The first-order valence-electron chi connectivity index (χ1n) is 7.20. The Morgan fingerprint density at radius 2 is 1.60 bits per heavy atom. The fraction of sp³-hybridized carbons (Fsp3) is 0.667. The molecule has 1 N–H and O–H groups in total. The Hall–Kier alpha value is -1.49. The standard InChI is InChI=1S/C15H17NO4/c17-11-1-2-12(18)16(11)8-14-3-9-5-15(20,7-14)6-10(4-14)13(9)19/h1-2,9-10,20H,3-8H2. The molecule has 106 valence electrons. The highest BCUT2D eigenvalue weighted by atomic mass is 16.3. The molecule has 5 rings (SSSR count). The van der Waals surface area contributed by atoms with E-state index in [1.165, 1.54) is 17.1 Å². The third kappa shape index (κ3) is 1.56. The van der Waals surface area contributed by atoms with E-state index in [4.69, 9.17) is 0 Å². The summed E-state index contributed by atoms with van der Waals surface area (Å²) in [4.78, 5) is 36.9. The summed E-state index contributed by atoms with van der Waals surface area (Å²) in [5.74, 6) is -0.431. The minimum atomic E-state index is -0.765. The largest absolute Gasteiger partial charge is 0.390 e. The molecular weight excluding hydrogens is 258 g/mol. The molecule has 5 nitrogen and oxygen atoms in total. The average Bonchev–Trinajstić information content (AvgIpc) is 2.65. The molecule has 4 saturated carbocycles. The average molecular weight is 275 g/mol. The van der Waals surface area contributed by atoms with Crippen molar-refractivity contribution in [1.82, 2.24) is 4.90 Å². The Kier molecular flexibility index (Phi) is 2.20. The van der Waals surface area contributed by atoms with E-state index in [0.717, 1.165) is 0 Å². The minimum Gasteiger partial charge on any atom is -0.390 e. The molecule has 4 bridgehead atoms. The van der Waals surface area contributed by atoms with E-state index >= 15 is 0 Å². The van der Waals surface area contributed by atoms with Gasteiger partial charge in [0.25, 0.3) is 11.8 Å². The van der Waals surface area contributed by atoms with E-state index < -0.39 is 5.60 Å². The Balaban J connectivity index is 1.63. The SMILES string of the molecule is O=C1C2CC3(O)CC1CC(CN1C(=O)C=CC1=O)(C2)C3. The van der Waals surface area contributed by atoms with E-state index in [9.17, 15) is 19.5 Å². The van der Waals surface area contributed by atoms with Gasteiger partial charge in [0.05, 0.1) is 5.60 Å². The van der Waals surface area contributed by atoms with Gasteiger partial charge in [-0.1, -0.05) is 0 Å². The zero-order valence-electron chi connectivity index (χ0n) is 11.2. The summed E-state index contributed by atoms with van der Waals surface area (Å²) in [7, 11) is 0. The minimum absolute atomic E-state index is 0.0815. The van der Waals surface area contributed by atoms with Crippen LogP contribution < -0.4 is 0 Å². The number of Topliss-reactive ketones (excluding diaryl/α,β-unsaturated/α-hetero) is 1. The van der Waals surface area contributed by atoms with Gasteiger partial charge in [-0.25, -0.2) is 0 Å². The Labute approximate surface area is 116 Å². The fourth-order valence-corrected chi connectivity index (χ4v) is 5.10. The summed E-state index contributed by atoms with van der Waals surface area (Å²) in [5, 5.41) is 10.6. The van der Waals surface area contributed by atoms with Gasteiger partial charge in [-0.05, 0) is 37.5 Å². The summed E-state index contributed by atoms with van der Waals surface area (Å²) in [5.41, 5.74) is -1.02. The Bertz CT molecular complexity index is 528. The second-order valence-electron chi connectivity index (χ2n) is 7.11. The number of hydrogen-bond acceptors (Lipinski definition) is 4. The first-order valence-corrected chi connectivity index (χ1v) is 7.20. The monoisotopic (exact) mass is 275 g/mol. The van der Waals surface area contributed by atoms with Crippen LogP contribution in [0.15, 0.2) is 12.2 Å². The molecule has 5 heteroatoms. The lowest BCUT2D eigenvalue weighted by atomic mass is 9.47. The lowest BCUT2D eigenvalue weighted by Gasteiger charge is -2.59. The number of aliphatic hydroxyl groups is 1. The summed E-state index contributed by atoms with van der Waals surface area (Å²) >= 11 is 0. The van der Waals surface area contributed by atoms with Crippen molar-refractivity contribution in [3.63, 3.8) is 0 Å². The molecule has 5 aliphatic rings. The predicted octanol–water partition coefficient (Wildman–Crippen LogP) is 0.422. The van der Waals surface area contributed by atoms with E-state index in [1.807, 2.05) is 0 Å². The summed E-state index contributed by atoms with van der Waals surface area (Å²) in [6, 6.07) is 0. The zero-order valence-corrected chi connectivity index (χ0v) is 11.2.